The van der Waals surface area contributed by atoms with Crippen molar-refractivity contribution in [2.75, 3.05) is 0 Å². The molecule has 90 valence electrons. The van der Waals surface area contributed by atoms with Crippen LogP contribution in [-0.2, 0) is 5.88 Å². The number of halogens is 1. The Kier molecular flexibility index (Phi) is 2.83. The van der Waals surface area contributed by atoms with Gasteiger partial charge in [0.1, 0.15) is 5.82 Å². The Morgan fingerprint density at radius 1 is 1.41 bits per heavy atom. The summed E-state index contributed by atoms with van der Waals surface area (Å²) >= 11 is 6.02. The van der Waals surface area contributed by atoms with Gasteiger partial charge >= 0.3 is 0 Å². The molecule has 0 radical (unpaired) electrons. The van der Waals surface area contributed by atoms with Gasteiger partial charge < -0.3 is 4.57 Å². The maximum absolute atomic E-state index is 6.02. The first-order chi connectivity index (χ1) is 8.29. The molecule has 1 heterocycles. The molecule has 1 saturated carbocycles. The Bertz CT molecular complexity index is 528. The summed E-state index contributed by atoms with van der Waals surface area (Å²) in [5, 5.41) is 0. The van der Waals surface area contributed by atoms with Crippen molar-refractivity contribution in [3.05, 3.63) is 30.1 Å². The molecule has 1 aliphatic carbocycles. The van der Waals surface area contributed by atoms with Gasteiger partial charge in [-0.05, 0) is 31.4 Å². The molecule has 0 amide bonds. The minimum absolute atomic E-state index is 0.490. The van der Waals surface area contributed by atoms with Crippen LogP contribution in [-0.4, -0.2) is 9.55 Å². The van der Waals surface area contributed by atoms with Gasteiger partial charge in [-0.2, -0.15) is 0 Å². The number of imidazole rings is 1. The summed E-state index contributed by atoms with van der Waals surface area (Å²) in [6.45, 7) is 2.28. The molecule has 17 heavy (non-hydrogen) atoms. The van der Waals surface area contributed by atoms with Crippen molar-refractivity contribution in [2.45, 2.75) is 38.1 Å². The largest absolute Gasteiger partial charge is 0.324 e. The minimum Gasteiger partial charge on any atom is -0.324 e. The highest BCUT2D eigenvalue weighted by Gasteiger charge is 2.25. The van der Waals surface area contributed by atoms with Crippen LogP contribution in [0.4, 0.5) is 0 Å². The Morgan fingerprint density at radius 3 is 2.88 bits per heavy atom. The molecule has 3 heteroatoms. The van der Waals surface area contributed by atoms with Gasteiger partial charge in [0.2, 0.25) is 0 Å². The molecular weight excluding hydrogens is 232 g/mol. The molecule has 1 aromatic carbocycles. The molecule has 0 aliphatic heterocycles. The van der Waals surface area contributed by atoms with E-state index in [-0.39, 0.29) is 0 Å². The van der Waals surface area contributed by atoms with E-state index in [1.54, 1.807) is 0 Å². The van der Waals surface area contributed by atoms with Gasteiger partial charge in [0.05, 0.1) is 16.9 Å². The smallest absolute Gasteiger partial charge is 0.125 e. The van der Waals surface area contributed by atoms with E-state index in [0.29, 0.717) is 11.9 Å². The SMILES string of the molecule is CC(CC1CC1)n1c(CCl)nc2ccccc21. The van der Waals surface area contributed by atoms with E-state index in [1.807, 2.05) is 6.07 Å². The molecule has 0 N–H and O–H groups in total. The summed E-state index contributed by atoms with van der Waals surface area (Å²) in [7, 11) is 0. The van der Waals surface area contributed by atoms with E-state index >= 15 is 0 Å². The Labute approximate surface area is 107 Å². The fourth-order valence-electron chi connectivity index (χ4n) is 2.62. The van der Waals surface area contributed by atoms with E-state index in [2.05, 4.69) is 34.7 Å². The molecule has 1 aromatic heterocycles. The predicted octanol–water partition coefficient (Wildman–Crippen LogP) is 4.14. The standard InChI is InChI=1S/C14H17ClN2/c1-10(8-11-6-7-11)17-13-5-3-2-4-12(13)16-14(17)9-15/h2-5,10-11H,6-9H2,1H3. The number of alkyl halides is 1. The van der Waals surface area contributed by atoms with Crippen molar-refractivity contribution >= 4 is 22.6 Å². The van der Waals surface area contributed by atoms with Crippen LogP contribution in [0.15, 0.2) is 24.3 Å². The van der Waals surface area contributed by atoms with Crippen molar-refractivity contribution in [1.82, 2.24) is 9.55 Å². The molecule has 1 unspecified atom stereocenters. The van der Waals surface area contributed by atoms with E-state index in [4.69, 9.17) is 11.6 Å². The molecule has 2 aromatic rings. The average Bonchev–Trinajstić information content (AvgIpc) is 3.06. The molecular formula is C14H17ClN2. The van der Waals surface area contributed by atoms with Gasteiger partial charge in [-0.15, -0.1) is 11.6 Å². The maximum atomic E-state index is 6.02. The highest BCUT2D eigenvalue weighted by atomic mass is 35.5. The zero-order valence-electron chi connectivity index (χ0n) is 10.1. The van der Waals surface area contributed by atoms with Crippen molar-refractivity contribution in [3.63, 3.8) is 0 Å². The third kappa shape index (κ3) is 2.06. The second kappa shape index (κ2) is 4.34. The Hall–Kier alpha value is -1.02. The van der Waals surface area contributed by atoms with E-state index < -0.39 is 0 Å². The number of benzene rings is 1. The number of aromatic nitrogens is 2. The highest BCUT2D eigenvalue weighted by molar-refractivity contribution is 6.16. The second-order valence-electron chi connectivity index (χ2n) is 5.05. The summed E-state index contributed by atoms with van der Waals surface area (Å²) < 4.78 is 2.32. The number of rotatable bonds is 4. The normalized spacial score (nSPS) is 17.5. The first kappa shape index (κ1) is 11.1. The van der Waals surface area contributed by atoms with E-state index in [1.165, 1.54) is 24.8 Å². The number of nitrogens with zero attached hydrogens (tertiary/aromatic N) is 2. The van der Waals surface area contributed by atoms with Gasteiger partial charge in [0.25, 0.3) is 0 Å². The van der Waals surface area contributed by atoms with Crippen LogP contribution in [0.5, 0.6) is 0 Å². The minimum atomic E-state index is 0.490. The summed E-state index contributed by atoms with van der Waals surface area (Å²) in [6.07, 6.45) is 4.05. The number of hydrogen-bond donors (Lipinski definition) is 0. The van der Waals surface area contributed by atoms with Gasteiger partial charge in [-0.3, -0.25) is 0 Å². The van der Waals surface area contributed by atoms with Crippen molar-refractivity contribution in [3.8, 4) is 0 Å². The molecule has 0 saturated heterocycles. The van der Waals surface area contributed by atoms with E-state index in [9.17, 15) is 0 Å². The Balaban J connectivity index is 2.04. The fraction of sp³-hybridized carbons (Fsp3) is 0.500. The molecule has 1 atom stereocenters. The third-order valence-corrected chi connectivity index (χ3v) is 3.84. The lowest BCUT2D eigenvalue weighted by Crippen LogP contribution is -2.09. The van der Waals surface area contributed by atoms with E-state index in [0.717, 1.165) is 17.3 Å². The van der Waals surface area contributed by atoms with Crippen LogP contribution in [0.1, 0.15) is 38.1 Å². The number of para-hydroxylation sites is 2. The molecule has 1 aliphatic rings. The zero-order chi connectivity index (χ0) is 11.8. The summed E-state index contributed by atoms with van der Waals surface area (Å²) in [5.41, 5.74) is 2.28. The van der Waals surface area contributed by atoms with Crippen molar-refractivity contribution in [2.24, 2.45) is 5.92 Å². The van der Waals surface area contributed by atoms with Gasteiger partial charge in [-0.1, -0.05) is 25.0 Å². The summed E-state index contributed by atoms with van der Waals surface area (Å²) in [6, 6.07) is 8.81. The van der Waals surface area contributed by atoms with Crippen LogP contribution in [0, 0.1) is 5.92 Å². The molecule has 0 spiro atoms. The average molecular weight is 249 g/mol. The fourth-order valence-corrected chi connectivity index (χ4v) is 2.81. The molecule has 3 rings (SSSR count). The van der Waals surface area contributed by atoms with Crippen molar-refractivity contribution < 1.29 is 0 Å². The lowest BCUT2D eigenvalue weighted by atomic mass is 10.1. The van der Waals surface area contributed by atoms with Gasteiger partial charge in [0, 0.05) is 6.04 Å². The highest BCUT2D eigenvalue weighted by Crippen LogP contribution is 2.38. The van der Waals surface area contributed by atoms with Crippen molar-refractivity contribution in [1.29, 1.82) is 0 Å². The number of hydrogen-bond acceptors (Lipinski definition) is 1. The van der Waals surface area contributed by atoms with Gasteiger partial charge in [0.15, 0.2) is 0 Å². The van der Waals surface area contributed by atoms with Crippen LogP contribution in [0.2, 0.25) is 0 Å². The summed E-state index contributed by atoms with van der Waals surface area (Å²) in [4.78, 5) is 4.61. The monoisotopic (exact) mass is 248 g/mol. The molecule has 1 fully saturated rings. The zero-order valence-corrected chi connectivity index (χ0v) is 10.8. The number of fused-ring (bicyclic) bond motifs is 1. The van der Waals surface area contributed by atoms with Crippen LogP contribution in [0.25, 0.3) is 11.0 Å². The van der Waals surface area contributed by atoms with Gasteiger partial charge in [-0.25, -0.2) is 4.98 Å². The van der Waals surface area contributed by atoms with Crippen LogP contribution < -0.4 is 0 Å². The summed E-state index contributed by atoms with van der Waals surface area (Å²) in [5.74, 6) is 2.42. The lowest BCUT2D eigenvalue weighted by molar-refractivity contribution is 0.477. The lowest BCUT2D eigenvalue weighted by Gasteiger charge is -2.16. The quantitative estimate of drug-likeness (QED) is 0.744. The molecule has 2 nitrogen and oxygen atoms in total. The first-order valence-corrected chi connectivity index (χ1v) is 6.85. The topological polar surface area (TPSA) is 17.8 Å². The first-order valence-electron chi connectivity index (χ1n) is 6.31. The Morgan fingerprint density at radius 2 is 2.18 bits per heavy atom. The third-order valence-electron chi connectivity index (χ3n) is 3.60. The maximum Gasteiger partial charge on any atom is 0.125 e. The second-order valence-corrected chi connectivity index (χ2v) is 5.32. The molecule has 0 bridgehead atoms. The predicted molar refractivity (Wildman–Crippen MR) is 71.3 cm³/mol. The van der Waals surface area contributed by atoms with Crippen LogP contribution in [0.3, 0.4) is 0 Å². The van der Waals surface area contributed by atoms with Crippen LogP contribution >= 0.6 is 11.6 Å².